The Labute approximate surface area is 204 Å². The number of aliphatic imine (C=N–C) groups is 1. The van der Waals surface area contributed by atoms with E-state index in [1.807, 2.05) is 12.1 Å². The van der Waals surface area contributed by atoms with Crippen molar-refractivity contribution in [2.45, 2.75) is 31.3 Å². The first-order valence-electron chi connectivity index (χ1n) is 10.9. The van der Waals surface area contributed by atoms with E-state index in [1.54, 1.807) is 37.3 Å². The van der Waals surface area contributed by atoms with Crippen molar-refractivity contribution >= 4 is 28.8 Å². The van der Waals surface area contributed by atoms with E-state index in [-0.39, 0.29) is 5.91 Å². The summed E-state index contributed by atoms with van der Waals surface area (Å²) in [5.74, 6) is 2.19. The number of amides is 1. The van der Waals surface area contributed by atoms with Crippen molar-refractivity contribution in [3.8, 4) is 28.7 Å². The Hall–Kier alpha value is -3.33. The summed E-state index contributed by atoms with van der Waals surface area (Å²) in [6.07, 6.45) is 3.38. The number of carbonyl (C=O) groups is 1. The van der Waals surface area contributed by atoms with Crippen LogP contribution in [0.4, 0.5) is 0 Å². The topological polar surface area (TPSA) is 78.8 Å². The van der Waals surface area contributed by atoms with Crippen LogP contribution in [0.3, 0.4) is 0 Å². The van der Waals surface area contributed by atoms with Gasteiger partial charge in [0, 0.05) is 17.2 Å². The molecular weight excluding hydrogens is 456 g/mol. The highest BCUT2D eigenvalue weighted by atomic mass is 32.1. The fourth-order valence-corrected chi connectivity index (χ4v) is 5.04. The summed E-state index contributed by atoms with van der Waals surface area (Å²) in [5.41, 5.74) is 0.977. The molecule has 1 saturated carbocycles. The number of hydrogen-bond acceptors (Lipinski definition) is 8. The normalized spacial score (nSPS) is 16.4. The third-order valence-corrected chi connectivity index (χ3v) is 6.66. The largest absolute Gasteiger partial charge is 0.497 e. The average molecular weight is 485 g/mol. The standard InChI is InChI=1S/C25H28N2O6S/c1-29-17-10-15(11-18(14-17)30-2)21-24(34)27(25(26-21)8-6-7-9-25)23(28)16-12-19(31-3)22(33-5)20(13-16)32-4/h10-14H,6-9H2,1-5H3. The highest BCUT2D eigenvalue weighted by Gasteiger charge is 2.50. The monoisotopic (exact) mass is 484 g/mol. The third kappa shape index (κ3) is 3.94. The van der Waals surface area contributed by atoms with Crippen molar-refractivity contribution in [1.29, 1.82) is 0 Å². The van der Waals surface area contributed by atoms with Gasteiger partial charge in [0.05, 0.1) is 35.5 Å². The second-order valence-corrected chi connectivity index (χ2v) is 8.50. The molecule has 1 aliphatic carbocycles. The van der Waals surface area contributed by atoms with Crippen LogP contribution in [0, 0.1) is 0 Å². The highest BCUT2D eigenvalue weighted by Crippen LogP contribution is 2.44. The maximum absolute atomic E-state index is 13.9. The molecule has 1 amide bonds. The second-order valence-electron chi connectivity index (χ2n) is 8.11. The Balaban J connectivity index is 1.80. The molecule has 1 aliphatic heterocycles. The zero-order valence-electron chi connectivity index (χ0n) is 20.0. The summed E-state index contributed by atoms with van der Waals surface area (Å²) in [7, 11) is 7.73. The van der Waals surface area contributed by atoms with Gasteiger partial charge in [-0.1, -0.05) is 12.2 Å². The number of nitrogens with zero attached hydrogens (tertiary/aromatic N) is 2. The summed E-state index contributed by atoms with van der Waals surface area (Å²) in [5, 5.41) is 0. The van der Waals surface area contributed by atoms with Crippen LogP contribution in [-0.4, -0.2) is 62.7 Å². The summed E-state index contributed by atoms with van der Waals surface area (Å²) < 4.78 is 27.2. The molecule has 0 radical (unpaired) electrons. The van der Waals surface area contributed by atoms with E-state index in [2.05, 4.69) is 0 Å². The zero-order chi connectivity index (χ0) is 24.5. The van der Waals surface area contributed by atoms with Gasteiger partial charge in [-0.3, -0.25) is 14.7 Å². The molecule has 2 aromatic rings. The van der Waals surface area contributed by atoms with Crippen LogP contribution in [0.15, 0.2) is 35.3 Å². The SMILES string of the molecule is COc1cc(OC)cc(C2=NC3(CCCC3)N(C(=O)c3cc(OC)c(OC)c(OC)c3)C2=S)c1. The predicted octanol–water partition coefficient (Wildman–Crippen LogP) is 4.27. The van der Waals surface area contributed by atoms with Gasteiger partial charge in [0.15, 0.2) is 11.5 Å². The molecular formula is C25H28N2O6S. The molecule has 0 N–H and O–H groups in total. The summed E-state index contributed by atoms with van der Waals surface area (Å²) in [6, 6.07) is 8.77. The van der Waals surface area contributed by atoms with Gasteiger partial charge in [0.1, 0.15) is 27.9 Å². The Kier molecular flexibility index (Phi) is 6.65. The Morgan fingerprint density at radius 2 is 1.41 bits per heavy atom. The number of carbonyl (C=O) groups excluding carboxylic acids is 1. The number of benzene rings is 2. The van der Waals surface area contributed by atoms with Gasteiger partial charge in [-0.15, -0.1) is 0 Å². The maximum Gasteiger partial charge on any atom is 0.261 e. The van der Waals surface area contributed by atoms with E-state index in [1.165, 1.54) is 21.3 Å². The molecule has 1 fully saturated rings. The van der Waals surface area contributed by atoms with Crippen molar-refractivity contribution in [3.05, 3.63) is 41.5 Å². The molecule has 1 spiro atoms. The minimum Gasteiger partial charge on any atom is -0.497 e. The molecule has 0 bridgehead atoms. The molecule has 34 heavy (non-hydrogen) atoms. The van der Waals surface area contributed by atoms with Crippen molar-refractivity contribution < 1.29 is 28.5 Å². The molecule has 2 aliphatic rings. The van der Waals surface area contributed by atoms with E-state index in [0.29, 0.717) is 45.0 Å². The molecule has 8 nitrogen and oxygen atoms in total. The second kappa shape index (κ2) is 9.50. The van der Waals surface area contributed by atoms with Crippen molar-refractivity contribution in [2.24, 2.45) is 4.99 Å². The average Bonchev–Trinajstić information content (AvgIpc) is 3.45. The van der Waals surface area contributed by atoms with Crippen LogP contribution in [0.5, 0.6) is 28.7 Å². The van der Waals surface area contributed by atoms with E-state index in [0.717, 1.165) is 31.2 Å². The summed E-state index contributed by atoms with van der Waals surface area (Å²) in [4.78, 5) is 21.0. The first-order valence-corrected chi connectivity index (χ1v) is 11.3. The van der Waals surface area contributed by atoms with Crippen LogP contribution >= 0.6 is 12.2 Å². The number of methoxy groups -OCH3 is 5. The number of hydrogen-bond donors (Lipinski definition) is 0. The number of rotatable bonds is 7. The quantitative estimate of drug-likeness (QED) is 0.543. The minimum atomic E-state index is -0.722. The highest BCUT2D eigenvalue weighted by molar-refractivity contribution is 7.82. The van der Waals surface area contributed by atoms with Gasteiger partial charge >= 0.3 is 0 Å². The minimum absolute atomic E-state index is 0.264. The fourth-order valence-electron chi connectivity index (χ4n) is 4.62. The van der Waals surface area contributed by atoms with Crippen LogP contribution in [0.1, 0.15) is 41.6 Å². The number of thiocarbonyl (C=S) groups is 1. The molecule has 0 aromatic heterocycles. The summed E-state index contributed by atoms with van der Waals surface area (Å²) in [6.45, 7) is 0. The smallest absolute Gasteiger partial charge is 0.261 e. The number of ether oxygens (including phenoxy) is 5. The molecule has 0 unspecified atom stereocenters. The van der Waals surface area contributed by atoms with Gasteiger partial charge in [-0.2, -0.15) is 0 Å². The van der Waals surface area contributed by atoms with E-state index in [9.17, 15) is 4.79 Å². The molecule has 1 heterocycles. The fraction of sp³-hybridized carbons (Fsp3) is 0.400. The van der Waals surface area contributed by atoms with Crippen molar-refractivity contribution in [1.82, 2.24) is 4.90 Å². The molecule has 4 rings (SSSR count). The van der Waals surface area contributed by atoms with Crippen LogP contribution < -0.4 is 23.7 Å². The molecule has 2 aromatic carbocycles. The van der Waals surface area contributed by atoms with Gasteiger partial charge in [0.25, 0.3) is 5.91 Å². The van der Waals surface area contributed by atoms with Crippen molar-refractivity contribution in [3.63, 3.8) is 0 Å². The molecule has 180 valence electrons. The van der Waals surface area contributed by atoms with Gasteiger partial charge in [-0.05, 0) is 49.9 Å². The van der Waals surface area contributed by atoms with Crippen molar-refractivity contribution in [2.75, 3.05) is 35.5 Å². The van der Waals surface area contributed by atoms with Gasteiger partial charge in [-0.25, -0.2) is 0 Å². The zero-order valence-corrected chi connectivity index (χ0v) is 20.8. The van der Waals surface area contributed by atoms with E-state index < -0.39 is 5.66 Å². The lowest BCUT2D eigenvalue weighted by Gasteiger charge is -2.32. The van der Waals surface area contributed by atoms with Crippen LogP contribution in [0.25, 0.3) is 0 Å². The Morgan fingerprint density at radius 3 is 1.88 bits per heavy atom. The van der Waals surface area contributed by atoms with E-state index >= 15 is 0 Å². The molecule has 0 saturated heterocycles. The summed E-state index contributed by atoms with van der Waals surface area (Å²) >= 11 is 5.87. The third-order valence-electron chi connectivity index (χ3n) is 6.29. The lowest BCUT2D eigenvalue weighted by molar-refractivity contribution is 0.0723. The van der Waals surface area contributed by atoms with Gasteiger partial charge in [0.2, 0.25) is 5.75 Å². The predicted molar refractivity (Wildman–Crippen MR) is 132 cm³/mol. The van der Waals surface area contributed by atoms with E-state index in [4.69, 9.17) is 40.9 Å². The Morgan fingerprint density at radius 1 is 0.853 bits per heavy atom. The lowest BCUT2D eigenvalue weighted by Crippen LogP contribution is -2.48. The van der Waals surface area contributed by atoms with Crippen LogP contribution in [-0.2, 0) is 0 Å². The van der Waals surface area contributed by atoms with Gasteiger partial charge < -0.3 is 23.7 Å². The first kappa shape index (κ1) is 23.8. The molecule has 0 atom stereocenters. The maximum atomic E-state index is 13.9. The lowest BCUT2D eigenvalue weighted by atomic mass is 10.1. The first-order chi connectivity index (χ1) is 16.4. The van der Waals surface area contributed by atoms with Crippen LogP contribution in [0.2, 0.25) is 0 Å². The Bertz CT molecular complexity index is 1110. The molecule has 9 heteroatoms.